The van der Waals surface area contributed by atoms with Gasteiger partial charge in [-0.2, -0.15) is 0 Å². The molecule has 0 radical (unpaired) electrons. The maximum atomic E-state index is 13.6. The molecule has 0 bridgehead atoms. The SMILES string of the molecule is CC(C)OC(=O)C(C)NP(=O)(CCSc1nonc1C(=NO)Nc1ccc(F)c(Br)c1)NC(C)C(=O)O. The Hall–Kier alpha value is -2.52. The predicted octanol–water partition coefficient (Wildman–Crippen LogP) is 3.50. The largest absolute Gasteiger partial charge is 0.480 e. The molecule has 37 heavy (non-hydrogen) atoms. The number of carbonyl (C=O) groups excluding carboxylic acids is 1. The van der Waals surface area contributed by atoms with E-state index >= 15 is 0 Å². The maximum absolute atomic E-state index is 13.6. The molecule has 0 aliphatic heterocycles. The van der Waals surface area contributed by atoms with Gasteiger partial charge in [0.15, 0.2) is 10.7 Å². The van der Waals surface area contributed by atoms with Crippen molar-refractivity contribution in [2.24, 2.45) is 5.16 Å². The molecular weight excluding hydrogens is 598 g/mol. The first-order valence-corrected chi connectivity index (χ1v) is 14.5. The van der Waals surface area contributed by atoms with Crippen LogP contribution in [0.1, 0.15) is 33.4 Å². The zero-order chi connectivity index (χ0) is 27.8. The Morgan fingerprint density at radius 3 is 2.51 bits per heavy atom. The number of carboxylic acids is 1. The second-order valence-corrected chi connectivity index (χ2v) is 12.3. The van der Waals surface area contributed by atoms with E-state index in [4.69, 9.17) is 9.37 Å². The topological polar surface area (TPSA) is 188 Å². The van der Waals surface area contributed by atoms with E-state index in [-0.39, 0.29) is 39.0 Å². The summed E-state index contributed by atoms with van der Waals surface area (Å²) in [6, 6.07) is 1.88. The highest BCUT2D eigenvalue weighted by Gasteiger charge is 2.31. The first kappa shape index (κ1) is 30.7. The summed E-state index contributed by atoms with van der Waals surface area (Å²) in [5.41, 5.74) is 0.402. The molecule has 0 spiro atoms. The Bertz CT molecular complexity index is 1180. The van der Waals surface area contributed by atoms with Gasteiger partial charge in [0, 0.05) is 17.6 Å². The van der Waals surface area contributed by atoms with Crippen molar-refractivity contribution < 1.29 is 38.2 Å². The van der Waals surface area contributed by atoms with Crippen molar-refractivity contribution in [2.75, 3.05) is 17.2 Å². The van der Waals surface area contributed by atoms with Crippen LogP contribution in [0.15, 0.2) is 37.5 Å². The summed E-state index contributed by atoms with van der Waals surface area (Å²) in [5, 5.41) is 37.6. The molecule has 3 atom stereocenters. The summed E-state index contributed by atoms with van der Waals surface area (Å²) in [7, 11) is -3.63. The molecule has 2 aromatic rings. The van der Waals surface area contributed by atoms with E-state index in [1.165, 1.54) is 32.0 Å². The van der Waals surface area contributed by atoms with Crippen LogP contribution in [0.3, 0.4) is 0 Å². The Balaban J connectivity index is 2.13. The van der Waals surface area contributed by atoms with E-state index in [0.717, 1.165) is 11.8 Å². The molecule has 5 N–H and O–H groups in total. The standard InChI is InChI=1S/C20H27BrFN6O7PS/c1-10(2)34-20(31)12(4)28-36(33,27-11(3)19(29)30)7-8-37-18-16(25-35-26-18)17(24-32)23-13-5-6-15(22)14(21)9-13/h5-6,9-12,32H,7-8H2,1-4H3,(H,23,24)(H,29,30)(H2,27,28,33). The van der Waals surface area contributed by atoms with Gasteiger partial charge >= 0.3 is 11.9 Å². The number of hydrogen-bond donors (Lipinski definition) is 5. The molecule has 0 saturated heterocycles. The lowest BCUT2D eigenvalue weighted by atomic mass is 10.3. The summed E-state index contributed by atoms with van der Waals surface area (Å²) in [4.78, 5) is 23.5. The number of carbonyl (C=O) groups is 2. The first-order chi connectivity index (χ1) is 17.3. The molecule has 3 unspecified atom stereocenters. The van der Waals surface area contributed by atoms with E-state index in [0.29, 0.717) is 5.69 Å². The van der Waals surface area contributed by atoms with Crippen LogP contribution in [0.25, 0.3) is 0 Å². The minimum absolute atomic E-state index is 0.0245. The molecule has 0 fully saturated rings. The number of aliphatic carboxylic acids is 1. The van der Waals surface area contributed by atoms with Gasteiger partial charge in [-0.25, -0.2) is 19.2 Å². The van der Waals surface area contributed by atoms with Gasteiger partial charge in [0.25, 0.3) is 0 Å². The van der Waals surface area contributed by atoms with Crippen LogP contribution in [0.5, 0.6) is 0 Å². The van der Waals surface area contributed by atoms with Crippen LogP contribution in [-0.4, -0.2) is 68.5 Å². The van der Waals surface area contributed by atoms with Gasteiger partial charge in [-0.3, -0.25) is 14.2 Å². The normalized spacial score (nSPS) is 15.2. The van der Waals surface area contributed by atoms with Crippen LogP contribution in [0.2, 0.25) is 0 Å². The number of oxime groups is 1. The molecule has 1 aromatic carbocycles. The monoisotopic (exact) mass is 624 g/mol. The lowest BCUT2D eigenvalue weighted by Gasteiger charge is -2.26. The van der Waals surface area contributed by atoms with Crippen molar-refractivity contribution in [3.05, 3.63) is 34.2 Å². The van der Waals surface area contributed by atoms with Crippen molar-refractivity contribution >= 4 is 58.6 Å². The predicted molar refractivity (Wildman–Crippen MR) is 138 cm³/mol. The number of anilines is 1. The highest BCUT2D eigenvalue weighted by molar-refractivity contribution is 9.10. The molecule has 2 rings (SSSR count). The number of carboxylic acid groups (broad SMARTS) is 1. The van der Waals surface area contributed by atoms with Gasteiger partial charge < -0.3 is 20.4 Å². The van der Waals surface area contributed by atoms with Crippen molar-refractivity contribution in [2.45, 2.75) is 50.9 Å². The molecule has 13 nitrogen and oxygen atoms in total. The number of esters is 1. The smallest absolute Gasteiger partial charge is 0.323 e. The van der Waals surface area contributed by atoms with Crippen molar-refractivity contribution in [1.29, 1.82) is 0 Å². The van der Waals surface area contributed by atoms with Crippen LogP contribution in [0, 0.1) is 5.82 Å². The van der Waals surface area contributed by atoms with E-state index in [9.17, 15) is 28.9 Å². The summed E-state index contributed by atoms with van der Waals surface area (Å²) in [6.45, 7) is 6.12. The summed E-state index contributed by atoms with van der Waals surface area (Å²) < 4.78 is 37.1. The fraction of sp³-hybridized carbons (Fsp3) is 0.450. The number of ether oxygens (including phenoxy) is 1. The Labute approximate surface area is 224 Å². The third-order valence-electron chi connectivity index (χ3n) is 4.49. The van der Waals surface area contributed by atoms with Crippen LogP contribution in [-0.2, 0) is 18.9 Å². The minimum Gasteiger partial charge on any atom is -0.480 e. The second-order valence-electron chi connectivity index (χ2n) is 7.96. The fourth-order valence-electron chi connectivity index (χ4n) is 2.77. The van der Waals surface area contributed by atoms with Gasteiger partial charge in [0.1, 0.15) is 17.9 Å². The summed E-state index contributed by atoms with van der Waals surface area (Å²) in [6.07, 6.45) is -0.493. The molecule has 1 heterocycles. The van der Waals surface area contributed by atoms with Crippen LogP contribution < -0.4 is 15.5 Å². The van der Waals surface area contributed by atoms with Gasteiger partial charge in [-0.1, -0.05) is 16.9 Å². The van der Waals surface area contributed by atoms with Gasteiger partial charge in [0.05, 0.1) is 10.6 Å². The van der Waals surface area contributed by atoms with E-state index in [1.807, 2.05) is 0 Å². The third-order valence-corrected chi connectivity index (χ3v) is 8.81. The molecule has 1 aromatic heterocycles. The molecule has 204 valence electrons. The number of nitrogens with zero attached hydrogens (tertiary/aromatic N) is 3. The minimum atomic E-state index is -3.63. The molecule has 0 saturated carbocycles. The number of benzene rings is 1. The van der Waals surface area contributed by atoms with Gasteiger partial charge in [0.2, 0.25) is 13.3 Å². The number of amidine groups is 1. The van der Waals surface area contributed by atoms with Crippen molar-refractivity contribution in [3.8, 4) is 0 Å². The molecule has 0 aliphatic rings. The molecule has 0 aliphatic carbocycles. The lowest BCUT2D eigenvalue weighted by molar-refractivity contribution is -0.149. The Kier molecular flexibility index (Phi) is 11.5. The zero-order valence-corrected chi connectivity index (χ0v) is 23.6. The van der Waals surface area contributed by atoms with E-state index < -0.39 is 37.3 Å². The van der Waals surface area contributed by atoms with Gasteiger partial charge in [-0.15, -0.1) is 0 Å². The average molecular weight is 625 g/mol. The first-order valence-electron chi connectivity index (χ1n) is 10.8. The fourth-order valence-corrected chi connectivity index (χ4v) is 6.89. The molecule has 17 heteroatoms. The highest BCUT2D eigenvalue weighted by Crippen LogP contribution is 2.39. The van der Waals surface area contributed by atoms with Crippen LogP contribution in [0.4, 0.5) is 10.1 Å². The number of nitrogens with one attached hydrogen (secondary N) is 3. The van der Waals surface area contributed by atoms with E-state index in [1.54, 1.807) is 13.8 Å². The molecule has 0 amide bonds. The molecular formula is C20H27BrFN6O7PS. The number of thioether (sulfide) groups is 1. The zero-order valence-electron chi connectivity index (χ0n) is 20.3. The maximum Gasteiger partial charge on any atom is 0.323 e. The third kappa shape index (κ3) is 9.38. The number of hydrogen-bond acceptors (Lipinski definition) is 10. The van der Waals surface area contributed by atoms with Crippen molar-refractivity contribution in [3.63, 3.8) is 0 Å². The lowest BCUT2D eigenvalue weighted by Crippen LogP contribution is -2.42. The van der Waals surface area contributed by atoms with Gasteiger partial charge in [-0.05, 0) is 72.1 Å². The second kappa shape index (κ2) is 13.9. The Morgan fingerprint density at radius 2 is 1.92 bits per heavy atom. The van der Waals surface area contributed by atoms with Crippen LogP contribution >= 0.6 is 35.1 Å². The van der Waals surface area contributed by atoms with E-state index in [2.05, 4.69) is 46.9 Å². The number of aromatic nitrogens is 2. The average Bonchev–Trinajstić information content (AvgIpc) is 3.27. The van der Waals surface area contributed by atoms with Crippen molar-refractivity contribution in [1.82, 2.24) is 20.5 Å². The summed E-state index contributed by atoms with van der Waals surface area (Å²) >= 11 is 4.10. The Morgan fingerprint density at radius 1 is 1.24 bits per heavy atom. The quantitative estimate of drug-likeness (QED) is 0.0414. The highest BCUT2D eigenvalue weighted by atomic mass is 79.9. The summed E-state index contributed by atoms with van der Waals surface area (Å²) in [5.74, 6) is -2.39. The number of rotatable bonds is 13. The number of halogens is 2.